The van der Waals surface area contributed by atoms with Crippen molar-refractivity contribution in [3.05, 3.63) is 28.8 Å². The normalized spacial score (nSPS) is 14.4. The van der Waals surface area contributed by atoms with E-state index < -0.39 is 12.2 Å². The van der Waals surface area contributed by atoms with E-state index in [0.29, 0.717) is 10.8 Å². The summed E-state index contributed by atoms with van der Waals surface area (Å²) in [4.78, 5) is 0. The molecule has 4 nitrogen and oxygen atoms in total. The molecule has 1 unspecified atom stereocenters. The van der Waals surface area contributed by atoms with Crippen LogP contribution in [-0.2, 0) is 4.74 Å². The zero-order chi connectivity index (χ0) is 12.8. The van der Waals surface area contributed by atoms with E-state index in [2.05, 4.69) is 0 Å². The van der Waals surface area contributed by atoms with Gasteiger partial charge in [-0.05, 0) is 24.6 Å². The van der Waals surface area contributed by atoms with Crippen molar-refractivity contribution in [1.29, 1.82) is 0 Å². The van der Waals surface area contributed by atoms with Crippen molar-refractivity contribution in [2.45, 2.75) is 19.1 Å². The molecule has 0 aromatic heterocycles. The monoisotopic (exact) mass is 260 g/mol. The van der Waals surface area contributed by atoms with Crippen LogP contribution in [0.1, 0.15) is 18.6 Å². The van der Waals surface area contributed by atoms with Crippen molar-refractivity contribution in [2.75, 3.05) is 20.3 Å². The minimum absolute atomic E-state index is 0.113. The average molecular weight is 261 g/mol. The molecule has 0 aliphatic rings. The van der Waals surface area contributed by atoms with Crippen LogP contribution in [0.4, 0.5) is 0 Å². The Labute approximate surface area is 106 Å². The van der Waals surface area contributed by atoms with Gasteiger partial charge in [-0.1, -0.05) is 17.7 Å². The molecule has 1 rings (SSSR count). The Balaban J connectivity index is 2.60. The predicted molar refractivity (Wildman–Crippen MR) is 65.5 cm³/mol. The molecule has 1 aromatic rings. The third-order valence-electron chi connectivity index (χ3n) is 2.23. The number of benzene rings is 1. The van der Waals surface area contributed by atoms with Crippen molar-refractivity contribution in [2.24, 2.45) is 0 Å². The van der Waals surface area contributed by atoms with Crippen molar-refractivity contribution in [3.8, 4) is 5.75 Å². The molecule has 0 aliphatic heterocycles. The van der Waals surface area contributed by atoms with Gasteiger partial charge in [-0.3, -0.25) is 0 Å². The summed E-state index contributed by atoms with van der Waals surface area (Å²) in [6.07, 6.45) is -1.26. The van der Waals surface area contributed by atoms with Crippen LogP contribution in [0.5, 0.6) is 5.75 Å². The van der Waals surface area contributed by atoms with E-state index in [4.69, 9.17) is 21.1 Å². The molecule has 0 aliphatic carbocycles. The zero-order valence-corrected chi connectivity index (χ0v) is 10.6. The van der Waals surface area contributed by atoms with Crippen LogP contribution >= 0.6 is 11.6 Å². The fourth-order valence-corrected chi connectivity index (χ4v) is 1.56. The second-order valence-corrected chi connectivity index (χ2v) is 4.19. The van der Waals surface area contributed by atoms with Crippen LogP contribution in [-0.4, -0.2) is 36.6 Å². The van der Waals surface area contributed by atoms with Crippen molar-refractivity contribution >= 4 is 11.6 Å². The van der Waals surface area contributed by atoms with Crippen molar-refractivity contribution < 1.29 is 19.7 Å². The van der Waals surface area contributed by atoms with E-state index in [1.807, 2.05) is 0 Å². The Bertz CT molecular complexity index is 354. The molecule has 2 atom stereocenters. The summed E-state index contributed by atoms with van der Waals surface area (Å²) in [5, 5.41) is 19.2. The molecule has 0 saturated heterocycles. The van der Waals surface area contributed by atoms with Crippen LogP contribution in [0.2, 0.25) is 5.02 Å². The van der Waals surface area contributed by atoms with Gasteiger partial charge >= 0.3 is 0 Å². The Morgan fingerprint density at radius 3 is 2.53 bits per heavy atom. The third kappa shape index (κ3) is 4.52. The van der Waals surface area contributed by atoms with Crippen LogP contribution in [0.15, 0.2) is 18.2 Å². The molecule has 0 spiro atoms. The van der Waals surface area contributed by atoms with Gasteiger partial charge in [0.25, 0.3) is 0 Å². The average Bonchev–Trinajstić information content (AvgIpc) is 2.27. The van der Waals surface area contributed by atoms with Crippen LogP contribution in [0.25, 0.3) is 0 Å². The number of hydrogen-bond acceptors (Lipinski definition) is 4. The first kappa shape index (κ1) is 14.3. The number of rotatable bonds is 6. The smallest absolute Gasteiger partial charge is 0.138 e. The Hall–Kier alpha value is -0.810. The highest BCUT2D eigenvalue weighted by Crippen LogP contribution is 2.27. The van der Waals surface area contributed by atoms with Crippen LogP contribution in [0.3, 0.4) is 0 Å². The molecule has 0 bridgehead atoms. The molecule has 0 saturated carbocycles. The summed E-state index contributed by atoms with van der Waals surface area (Å²) in [5.74, 6) is 0.478. The number of methoxy groups -OCH3 is 1. The maximum atomic E-state index is 9.41. The predicted octanol–water partition coefficient (Wildman–Crippen LogP) is 1.78. The molecule has 1 aromatic carbocycles. The van der Waals surface area contributed by atoms with Crippen LogP contribution < -0.4 is 4.74 Å². The van der Waals surface area contributed by atoms with Gasteiger partial charge in [0.1, 0.15) is 18.5 Å². The first-order valence-electron chi connectivity index (χ1n) is 5.32. The van der Waals surface area contributed by atoms with Gasteiger partial charge in [0.2, 0.25) is 0 Å². The third-order valence-corrected chi connectivity index (χ3v) is 2.52. The maximum Gasteiger partial charge on any atom is 0.138 e. The van der Waals surface area contributed by atoms with Crippen molar-refractivity contribution in [1.82, 2.24) is 0 Å². The lowest BCUT2D eigenvalue weighted by molar-refractivity contribution is 0.0325. The summed E-state index contributed by atoms with van der Waals surface area (Å²) < 4.78 is 10.1. The Morgan fingerprint density at radius 2 is 2.00 bits per heavy atom. The highest BCUT2D eigenvalue weighted by molar-refractivity contribution is 6.32. The summed E-state index contributed by atoms with van der Waals surface area (Å²) in [5.41, 5.74) is 0.722. The van der Waals surface area contributed by atoms with Gasteiger partial charge in [0.15, 0.2) is 0 Å². The topological polar surface area (TPSA) is 58.9 Å². The van der Waals surface area contributed by atoms with Gasteiger partial charge in [-0.15, -0.1) is 0 Å². The molecule has 5 heteroatoms. The molecule has 0 heterocycles. The fraction of sp³-hybridized carbons (Fsp3) is 0.500. The van der Waals surface area contributed by atoms with E-state index in [9.17, 15) is 10.2 Å². The van der Waals surface area contributed by atoms with Gasteiger partial charge in [-0.25, -0.2) is 0 Å². The largest absolute Gasteiger partial charge is 0.489 e. The highest BCUT2D eigenvalue weighted by Gasteiger charge is 2.09. The molecule has 0 fully saturated rings. The molecule has 2 N–H and O–H groups in total. The SMILES string of the molecule is COCC(O)COc1ccc([C@@H](C)O)cc1Cl. The summed E-state index contributed by atoms with van der Waals surface area (Å²) >= 11 is 5.98. The lowest BCUT2D eigenvalue weighted by atomic mass is 10.1. The van der Waals surface area contributed by atoms with Gasteiger partial charge in [-0.2, -0.15) is 0 Å². The Kier molecular flexibility index (Phi) is 5.71. The van der Waals surface area contributed by atoms with E-state index in [1.165, 1.54) is 7.11 Å². The summed E-state index contributed by atoms with van der Waals surface area (Å²) in [6.45, 7) is 1.99. The molecule has 96 valence electrons. The minimum Gasteiger partial charge on any atom is -0.489 e. The number of halogens is 1. The van der Waals surface area contributed by atoms with Gasteiger partial charge in [0.05, 0.1) is 17.7 Å². The standard InChI is InChI=1S/C12H17ClO4/c1-8(14)9-3-4-12(11(13)5-9)17-7-10(15)6-16-2/h3-5,8,10,14-15H,6-7H2,1-2H3/t8-,10?/m1/s1. The highest BCUT2D eigenvalue weighted by atomic mass is 35.5. The van der Waals surface area contributed by atoms with Crippen LogP contribution in [0, 0.1) is 0 Å². The molecular weight excluding hydrogens is 244 g/mol. The molecule has 0 radical (unpaired) electrons. The number of aliphatic hydroxyl groups is 2. The second kappa shape index (κ2) is 6.81. The quantitative estimate of drug-likeness (QED) is 0.819. The minimum atomic E-state index is -0.687. The first-order chi connectivity index (χ1) is 8.04. The number of ether oxygens (including phenoxy) is 2. The lowest BCUT2D eigenvalue weighted by Gasteiger charge is -2.13. The number of hydrogen-bond donors (Lipinski definition) is 2. The van der Waals surface area contributed by atoms with E-state index in [0.717, 1.165) is 5.56 Å². The zero-order valence-electron chi connectivity index (χ0n) is 9.89. The van der Waals surface area contributed by atoms with Gasteiger partial charge in [0, 0.05) is 7.11 Å². The summed E-state index contributed by atoms with van der Waals surface area (Å²) in [6, 6.07) is 5.04. The molecular formula is C12H17ClO4. The second-order valence-electron chi connectivity index (χ2n) is 3.79. The maximum absolute atomic E-state index is 9.41. The fourth-order valence-electron chi connectivity index (χ4n) is 1.32. The molecule has 0 amide bonds. The summed E-state index contributed by atoms with van der Waals surface area (Å²) in [7, 11) is 1.51. The van der Waals surface area contributed by atoms with E-state index in [-0.39, 0.29) is 13.2 Å². The number of aliphatic hydroxyl groups excluding tert-OH is 2. The van der Waals surface area contributed by atoms with Crippen molar-refractivity contribution in [3.63, 3.8) is 0 Å². The molecule has 17 heavy (non-hydrogen) atoms. The Morgan fingerprint density at radius 1 is 1.29 bits per heavy atom. The van der Waals surface area contributed by atoms with E-state index >= 15 is 0 Å². The van der Waals surface area contributed by atoms with E-state index in [1.54, 1.807) is 25.1 Å². The first-order valence-corrected chi connectivity index (χ1v) is 5.69. The van der Waals surface area contributed by atoms with Gasteiger partial charge < -0.3 is 19.7 Å². The lowest BCUT2D eigenvalue weighted by Crippen LogP contribution is -2.22.